The molecule has 72 heavy (non-hydrogen) atoms. The Morgan fingerprint density at radius 1 is 0.306 bits per heavy atom. The van der Waals surface area contributed by atoms with E-state index < -0.39 is 0 Å². The van der Waals surface area contributed by atoms with Crippen molar-refractivity contribution in [3.63, 3.8) is 0 Å². The number of rotatable bonds is 7. The summed E-state index contributed by atoms with van der Waals surface area (Å²) < 4.78 is 4.45. The van der Waals surface area contributed by atoms with Crippen LogP contribution in [-0.2, 0) is 0 Å². The summed E-state index contributed by atoms with van der Waals surface area (Å²) in [5, 5.41) is 55.0. The fraction of sp³-hybridized carbons (Fsp3) is 0. The predicted octanol–water partition coefficient (Wildman–Crippen LogP) is 15.0. The van der Waals surface area contributed by atoms with Crippen molar-refractivity contribution in [2.24, 2.45) is 0 Å². The molecule has 12 aromatic rings. The predicted molar refractivity (Wildman–Crippen MR) is 284 cm³/mol. The Labute approximate surface area is 413 Å². The molecule has 12 rings (SSSR count). The maximum Gasteiger partial charge on any atom is 0.0998 e. The summed E-state index contributed by atoms with van der Waals surface area (Å²) in [4.78, 5) is 5.11. The molecular weight excluding hydrogens is 881 g/mol. The summed E-state index contributed by atoms with van der Waals surface area (Å²) in [6, 6.07) is 74.9. The van der Waals surface area contributed by atoms with Crippen molar-refractivity contribution >= 4 is 43.6 Å². The minimum atomic E-state index is 0.507. The second kappa shape index (κ2) is 17.4. The minimum absolute atomic E-state index is 0.507. The van der Waals surface area contributed by atoms with Crippen molar-refractivity contribution in [1.29, 1.82) is 26.3 Å². The molecule has 0 aliphatic carbocycles. The van der Waals surface area contributed by atoms with E-state index in [1.807, 2.05) is 134 Å². The number of benzene rings is 9. The van der Waals surface area contributed by atoms with E-state index in [0.29, 0.717) is 27.8 Å². The van der Waals surface area contributed by atoms with Crippen LogP contribution in [0.3, 0.4) is 0 Å². The number of nitrogens with zero attached hydrogens (tertiary/aromatic N) is 8. The third-order valence-corrected chi connectivity index (χ3v) is 13.7. The highest BCUT2D eigenvalue weighted by Gasteiger charge is 2.25. The second-order valence-corrected chi connectivity index (χ2v) is 17.5. The molecule has 0 aliphatic heterocycles. The molecule has 0 amide bonds. The second-order valence-electron chi connectivity index (χ2n) is 17.5. The number of fused-ring (bicyclic) bond motifs is 6. The Bertz CT molecular complexity index is 3970. The van der Waals surface area contributed by atoms with E-state index in [4.69, 9.17) is 4.98 Å². The Morgan fingerprint density at radius 3 is 0.889 bits per heavy atom. The Balaban J connectivity index is 1.24. The van der Waals surface area contributed by atoms with E-state index in [0.717, 1.165) is 111 Å². The van der Waals surface area contributed by atoms with Gasteiger partial charge in [-0.3, -0.25) is 4.98 Å². The van der Waals surface area contributed by atoms with Gasteiger partial charge < -0.3 is 9.13 Å². The van der Waals surface area contributed by atoms with Crippen LogP contribution in [-0.4, -0.2) is 14.1 Å². The van der Waals surface area contributed by atoms with Gasteiger partial charge >= 0.3 is 0 Å². The zero-order valence-electron chi connectivity index (χ0n) is 38.2. The molecule has 0 bridgehead atoms. The molecule has 0 unspecified atom stereocenters. The van der Waals surface area contributed by atoms with E-state index in [9.17, 15) is 26.3 Å². The van der Waals surface area contributed by atoms with Gasteiger partial charge in [0.05, 0.1) is 104 Å². The number of pyridine rings is 1. The molecule has 0 spiro atoms. The Kier molecular flexibility index (Phi) is 10.3. The lowest BCUT2D eigenvalue weighted by atomic mass is 9.98. The van der Waals surface area contributed by atoms with Crippen LogP contribution in [0.15, 0.2) is 207 Å². The molecule has 0 saturated heterocycles. The molecule has 0 fully saturated rings. The standard InChI is InChI=1S/C64H34N8/c65-33-40-17-19-41(20-18-40)64-62(71-58-29-42(50-13-5-1-9-46(50)34-66)21-25-54(58)55-26-22-43(30-59(55)71)51-14-6-2-10-47(51)35-67)38-70-39-63(64)72-60-31-44(52-15-7-3-11-48(52)36-68)23-27-56(60)57-28-24-45(32-61(57)72)53-16-8-4-12-49(53)37-69/h1-32,38-39H. The van der Waals surface area contributed by atoms with Crippen molar-refractivity contribution < 1.29 is 0 Å². The molecule has 3 aromatic heterocycles. The minimum Gasteiger partial charge on any atom is -0.307 e. The molecule has 330 valence electrons. The van der Waals surface area contributed by atoms with E-state index in [1.54, 1.807) is 0 Å². The summed E-state index contributed by atoms with van der Waals surface area (Å²) in [5.74, 6) is 0. The monoisotopic (exact) mass is 914 g/mol. The van der Waals surface area contributed by atoms with Gasteiger partial charge in [-0.15, -0.1) is 0 Å². The fourth-order valence-corrected chi connectivity index (χ4v) is 10.3. The van der Waals surface area contributed by atoms with Crippen LogP contribution in [0, 0.1) is 56.7 Å². The average Bonchev–Trinajstić information content (AvgIpc) is 3.95. The van der Waals surface area contributed by atoms with Gasteiger partial charge in [0.25, 0.3) is 0 Å². The SMILES string of the molecule is N#Cc1ccc(-c2c(-n3c4cc(-c5ccccc5C#N)ccc4c4ccc(-c5ccccc5C#N)cc43)cncc2-n2c3cc(-c4ccccc4C#N)ccc3c3ccc(-c4ccccc4C#N)cc32)cc1. The summed E-state index contributed by atoms with van der Waals surface area (Å²) >= 11 is 0. The van der Waals surface area contributed by atoms with Crippen molar-refractivity contribution in [1.82, 2.24) is 14.1 Å². The van der Waals surface area contributed by atoms with Gasteiger partial charge in [0.2, 0.25) is 0 Å². The van der Waals surface area contributed by atoms with Gasteiger partial charge in [-0.2, -0.15) is 26.3 Å². The average molecular weight is 915 g/mol. The van der Waals surface area contributed by atoms with Gasteiger partial charge in [0, 0.05) is 27.1 Å². The highest BCUT2D eigenvalue weighted by molar-refractivity contribution is 6.14. The molecule has 0 atom stereocenters. The third-order valence-electron chi connectivity index (χ3n) is 13.7. The first-order valence-electron chi connectivity index (χ1n) is 23.1. The summed E-state index contributed by atoms with van der Waals surface area (Å²) in [6.07, 6.45) is 3.75. The van der Waals surface area contributed by atoms with Gasteiger partial charge in [-0.05, 0) is 111 Å². The van der Waals surface area contributed by atoms with Crippen LogP contribution in [0.25, 0.3) is 111 Å². The third kappa shape index (κ3) is 6.84. The van der Waals surface area contributed by atoms with Crippen LogP contribution < -0.4 is 0 Å². The van der Waals surface area contributed by atoms with Crippen LogP contribution in [0.2, 0.25) is 0 Å². The van der Waals surface area contributed by atoms with Crippen molar-refractivity contribution in [3.05, 3.63) is 234 Å². The van der Waals surface area contributed by atoms with E-state index in [1.165, 1.54) is 0 Å². The molecule has 0 radical (unpaired) electrons. The number of aromatic nitrogens is 3. The lowest BCUT2D eigenvalue weighted by molar-refractivity contribution is 1.09. The molecule has 0 aliphatic rings. The van der Waals surface area contributed by atoms with Crippen LogP contribution in [0.1, 0.15) is 27.8 Å². The quantitative estimate of drug-likeness (QED) is 0.156. The number of hydrogen-bond acceptors (Lipinski definition) is 6. The molecule has 0 saturated carbocycles. The smallest absolute Gasteiger partial charge is 0.0998 e. The first-order valence-corrected chi connectivity index (χ1v) is 23.1. The Hall–Kier alpha value is -10.8. The lowest BCUT2D eigenvalue weighted by Gasteiger charge is -2.20. The van der Waals surface area contributed by atoms with Crippen molar-refractivity contribution in [3.8, 4) is 97.4 Å². The molecule has 8 nitrogen and oxygen atoms in total. The van der Waals surface area contributed by atoms with Crippen LogP contribution >= 0.6 is 0 Å². The van der Waals surface area contributed by atoms with E-state index in [-0.39, 0.29) is 0 Å². The number of hydrogen-bond donors (Lipinski definition) is 0. The maximum atomic E-state index is 10.3. The Morgan fingerprint density at radius 2 is 0.597 bits per heavy atom. The van der Waals surface area contributed by atoms with E-state index in [2.05, 4.69) is 112 Å². The normalized spacial score (nSPS) is 11.0. The van der Waals surface area contributed by atoms with Crippen LogP contribution in [0.5, 0.6) is 0 Å². The molecule has 0 N–H and O–H groups in total. The van der Waals surface area contributed by atoms with E-state index >= 15 is 0 Å². The largest absolute Gasteiger partial charge is 0.307 e. The highest BCUT2D eigenvalue weighted by Crippen LogP contribution is 2.45. The molecular formula is C64H34N8. The summed E-state index contributed by atoms with van der Waals surface area (Å²) in [5.41, 5.74) is 15.9. The van der Waals surface area contributed by atoms with Gasteiger partial charge in [0.15, 0.2) is 0 Å². The van der Waals surface area contributed by atoms with Gasteiger partial charge in [0.1, 0.15) is 0 Å². The zero-order chi connectivity index (χ0) is 48.9. The van der Waals surface area contributed by atoms with Crippen molar-refractivity contribution in [2.75, 3.05) is 0 Å². The molecule has 9 aromatic carbocycles. The molecule has 8 heteroatoms. The van der Waals surface area contributed by atoms with Gasteiger partial charge in [-0.25, -0.2) is 0 Å². The lowest BCUT2D eigenvalue weighted by Crippen LogP contribution is -2.05. The summed E-state index contributed by atoms with van der Waals surface area (Å²) in [7, 11) is 0. The first kappa shape index (κ1) is 42.5. The molecule has 3 heterocycles. The van der Waals surface area contributed by atoms with Gasteiger partial charge in [-0.1, -0.05) is 133 Å². The number of nitriles is 5. The zero-order valence-corrected chi connectivity index (χ0v) is 38.2. The highest BCUT2D eigenvalue weighted by atomic mass is 15.0. The maximum absolute atomic E-state index is 10.3. The fourth-order valence-electron chi connectivity index (χ4n) is 10.3. The topological polar surface area (TPSA) is 142 Å². The van der Waals surface area contributed by atoms with Crippen molar-refractivity contribution in [2.45, 2.75) is 0 Å². The summed E-state index contributed by atoms with van der Waals surface area (Å²) in [6.45, 7) is 0. The first-order chi connectivity index (χ1) is 35.5. The van der Waals surface area contributed by atoms with Crippen LogP contribution in [0.4, 0.5) is 0 Å².